The van der Waals surface area contributed by atoms with Crippen molar-refractivity contribution in [3.05, 3.63) is 29.3 Å². The number of anilines is 1. The summed E-state index contributed by atoms with van der Waals surface area (Å²) in [5.41, 5.74) is 2.97. The number of carboxylic acid groups (broad SMARTS) is 1. The largest absolute Gasteiger partial charge is 0.478 e. The van der Waals surface area contributed by atoms with Crippen LogP contribution in [0.5, 0.6) is 0 Å². The number of nitrogens with zero attached hydrogens (tertiary/aromatic N) is 1. The predicted molar refractivity (Wildman–Crippen MR) is 45.9 cm³/mol. The third kappa shape index (κ3) is 1.75. The minimum Gasteiger partial charge on any atom is -0.478 e. The molecule has 5 nitrogen and oxygen atoms in total. The number of nitriles is 1. The van der Waals surface area contributed by atoms with Crippen molar-refractivity contribution >= 4 is 11.7 Å². The molecular weight excluding hydrogens is 170 g/mol. The van der Waals surface area contributed by atoms with Gasteiger partial charge in [0.05, 0.1) is 16.8 Å². The molecule has 1 rings (SSSR count). The number of benzene rings is 1. The van der Waals surface area contributed by atoms with Crippen LogP contribution in [0.4, 0.5) is 5.69 Å². The van der Waals surface area contributed by atoms with Crippen LogP contribution in [0.1, 0.15) is 15.9 Å². The number of hydrogen-bond acceptors (Lipinski definition) is 4. The predicted octanol–water partition coefficient (Wildman–Crippen LogP) is 0.542. The Hall–Kier alpha value is -2.06. The first kappa shape index (κ1) is 9.03. The molecule has 5 heteroatoms. The van der Waals surface area contributed by atoms with E-state index in [9.17, 15) is 4.79 Å². The molecule has 1 aromatic carbocycles. The molecule has 0 aliphatic rings. The Balaban J connectivity index is 3.23. The summed E-state index contributed by atoms with van der Waals surface area (Å²) >= 11 is 0. The number of carboxylic acids is 1. The fourth-order valence-corrected chi connectivity index (χ4v) is 0.894. The number of rotatable bonds is 2. The molecule has 0 bridgehead atoms. The second-order valence-electron chi connectivity index (χ2n) is 2.32. The van der Waals surface area contributed by atoms with Crippen LogP contribution in [0.2, 0.25) is 0 Å². The zero-order chi connectivity index (χ0) is 9.84. The van der Waals surface area contributed by atoms with Gasteiger partial charge in [-0.3, -0.25) is 5.84 Å². The fourth-order valence-electron chi connectivity index (χ4n) is 0.894. The number of nitrogens with one attached hydrogen (secondary N) is 1. The van der Waals surface area contributed by atoms with Gasteiger partial charge in [0.15, 0.2) is 0 Å². The highest BCUT2D eigenvalue weighted by molar-refractivity contribution is 5.89. The maximum Gasteiger partial charge on any atom is 0.335 e. The normalized spacial score (nSPS) is 8.92. The Morgan fingerprint density at radius 3 is 2.77 bits per heavy atom. The van der Waals surface area contributed by atoms with E-state index < -0.39 is 5.97 Å². The topological polar surface area (TPSA) is 99.1 Å². The molecule has 0 unspecified atom stereocenters. The number of nitrogens with two attached hydrogens (primary N) is 1. The zero-order valence-electron chi connectivity index (χ0n) is 6.61. The van der Waals surface area contributed by atoms with Crippen molar-refractivity contribution in [1.82, 2.24) is 0 Å². The van der Waals surface area contributed by atoms with Gasteiger partial charge in [-0.2, -0.15) is 5.26 Å². The molecule has 13 heavy (non-hydrogen) atoms. The van der Waals surface area contributed by atoms with Gasteiger partial charge in [0, 0.05) is 0 Å². The molecule has 66 valence electrons. The Bertz CT molecular complexity index is 381. The lowest BCUT2D eigenvalue weighted by Crippen LogP contribution is -2.09. The summed E-state index contributed by atoms with van der Waals surface area (Å²) in [6.07, 6.45) is 0. The molecule has 0 spiro atoms. The Morgan fingerprint density at radius 1 is 1.62 bits per heavy atom. The third-order valence-electron chi connectivity index (χ3n) is 1.54. The highest BCUT2D eigenvalue weighted by Gasteiger charge is 2.06. The van der Waals surface area contributed by atoms with Crippen molar-refractivity contribution in [2.75, 3.05) is 5.43 Å². The molecule has 0 aliphatic heterocycles. The molecule has 1 aromatic rings. The summed E-state index contributed by atoms with van der Waals surface area (Å²) in [6.45, 7) is 0. The van der Waals surface area contributed by atoms with Gasteiger partial charge in [-0.25, -0.2) is 4.79 Å². The number of aromatic carboxylic acids is 1. The molecule has 0 atom stereocenters. The average molecular weight is 177 g/mol. The minimum atomic E-state index is -1.05. The number of hydrazine groups is 1. The van der Waals surface area contributed by atoms with Gasteiger partial charge < -0.3 is 10.5 Å². The van der Waals surface area contributed by atoms with Crippen molar-refractivity contribution in [1.29, 1.82) is 5.26 Å². The molecule has 0 aromatic heterocycles. The summed E-state index contributed by atoms with van der Waals surface area (Å²) in [4.78, 5) is 10.5. The van der Waals surface area contributed by atoms with Crippen LogP contribution < -0.4 is 11.3 Å². The van der Waals surface area contributed by atoms with Crippen molar-refractivity contribution in [2.24, 2.45) is 5.84 Å². The molecule has 0 saturated heterocycles. The Labute approximate surface area is 74.4 Å². The van der Waals surface area contributed by atoms with Gasteiger partial charge in [-0.15, -0.1) is 0 Å². The molecule has 4 N–H and O–H groups in total. The van der Waals surface area contributed by atoms with Gasteiger partial charge in [0.25, 0.3) is 0 Å². The van der Waals surface area contributed by atoms with Crippen LogP contribution in [-0.2, 0) is 0 Å². The van der Waals surface area contributed by atoms with Crippen molar-refractivity contribution < 1.29 is 9.90 Å². The maximum absolute atomic E-state index is 10.5. The van der Waals surface area contributed by atoms with Crippen LogP contribution in [0.15, 0.2) is 18.2 Å². The van der Waals surface area contributed by atoms with E-state index in [1.54, 1.807) is 0 Å². The highest BCUT2D eigenvalue weighted by Crippen LogP contribution is 2.15. The van der Waals surface area contributed by atoms with E-state index >= 15 is 0 Å². The van der Waals surface area contributed by atoms with E-state index in [4.69, 9.17) is 16.2 Å². The van der Waals surface area contributed by atoms with Crippen molar-refractivity contribution in [3.63, 3.8) is 0 Å². The summed E-state index contributed by atoms with van der Waals surface area (Å²) in [5.74, 6) is 4.05. The van der Waals surface area contributed by atoms with Gasteiger partial charge in [0.1, 0.15) is 6.07 Å². The fraction of sp³-hybridized carbons (Fsp3) is 0. The van der Waals surface area contributed by atoms with E-state index in [1.807, 2.05) is 6.07 Å². The molecule has 0 amide bonds. The summed E-state index contributed by atoms with van der Waals surface area (Å²) in [7, 11) is 0. The SMILES string of the molecule is N#Cc1ccc(C(=O)O)cc1NN. The summed E-state index contributed by atoms with van der Waals surface area (Å²) < 4.78 is 0. The summed E-state index contributed by atoms with van der Waals surface area (Å²) in [5, 5.41) is 17.2. The van der Waals surface area contributed by atoms with E-state index in [0.717, 1.165) is 0 Å². The Kier molecular flexibility index (Phi) is 2.47. The van der Waals surface area contributed by atoms with Crippen LogP contribution in [0, 0.1) is 11.3 Å². The van der Waals surface area contributed by atoms with Crippen molar-refractivity contribution in [2.45, 2.75) is 0 Å². The van der Waals surface area contributed by atoms with E-state index in [-0.39, 0.29) is 5.56 Å². The maximum atomic E-state index is 10.5. The number of nitrogen functional groups attached to an aromatic ring is 1. The van der Waals surface area contributed by atoms with Gasteiger partial charge >= 0.3 is 5.97 Å². The number of carbonyl (C=O) groups is 1. The van der Waals surface area contributed by atoms with Crippen LogP contribution >= 0.6 is 0 Å². The first-order chi connectivity index (χ1) is 6.19. The third-order valence-corrected chi connectivity index (χ3v) is 1.54. The first-order valence-corrected chi connectivity index (χ1v) is 3.43. The van der Waals surface area contributed by atoms with E-state index in [0.29, 0.717) is 11.3 Å². The molecule has 0 heterocycles. The lowest BCUT2D eigenvalue weighted by molar-refractivity contribution is 0.0697. The molecule has 0 aliphatic carbocycles. The Morgan fingerprint density at radius 2 is 2.31 bits per heavy atom. The zero-order valence-corrected chi connectivity index (χ0v) is 6.61. The first-order valence-electron chi connectivity index (χ1n) is 3.43. The molecule has 0 radical (unpaired) electrons. The van der Waals surface area contributed by atoms with E-state index in [1.165, 1.54) is 18.2 Å². The van der Waals surface area contributed by atoms with Gasteiger partial charge in [-0.05, 0) is 18.2 Å². The lowest BCUT2D eigenvalue weighted by Gasteiger charge is -2.02. The van der Waals surface area contributed by atoms with Crippen molar-refractivity contribution in [3.8, 4) is 6.07 Å². The molecule has 0 saturated carbocycles. The quantitative estimate of drug-likeness (QED) is 0.452. The standard InChI is InChI=1S/C8H7N3O2/c9-4-6-2-1-5(8(12)13)3-7(6)11-10/h1-3,11H,10H2,(H,12,13). The smallest absolute Gasteiger partial charge is 0.335 e. The lowest BCUT2D eigenvalue weighted by atomic mass is 10.1. The van der Waals surface area contributed by atoms with Gasteiger partial charge in [0.2, 0.25) is 0 Å². The monoisotopic (exact) mass is 177 g/mol. The highest BCUT2D eigenvalue weighted by atomic mass is 16.4. The van der Waals surface area contributed by atoms with Gasteiger partial charge in [-0.1, -0.05) is 0 Å². The second-order valence-corrected chi connectivity index (χ2v) is 2.32. The minimum absolute atomic E-state index is 0.0898. The van der Waals surface area contributed by atoms with E-state index in [2.05, 4.69) is 5.43 Å². The van der Waals surface area contributed by atoms with Crippen LogP contribution in [-0.4, -0.2) is 11.1 Å². The average Bonchev–Trinajstić information content (AvgIpc) is 2.16. The van der Waals surface area contributed by atoms with Crippen LogP contribution in [0.25, 0.3) is 0 Å². The molecule has 0 fully saturated rings. The number of hydrogen-bond donors (Lipinski definition) is 3. The second kappa shape index (κ2) is 3.56. The molecular formula is C8H7N3O2. The summed E-state index contributed by atoms with van der Waals surface area (Å²) in [6, 6.07) is 5.93. The van der Waals surface area contributed by atoms with Crippen LogP contribution in [0.3, 0.4) is 0 Å².